The first-order valence-electron chi connectivity index (χ1n) is 5.82. The van der Waals surface area contributed by atoms with Crippen molar-refractivity contribution in [2.24, 2.45) is 0 Å². The summed E-state index contributed by atoms with van der Waals surface area (Å²) in [4.78, 5) is 10.5. The Morgan fingerprint density at radius 1 is 1.25 bits per heavy atom. The van der Waals surface area contributed by atoms with Crippen molar-refractivity contribution in [2.45, 2.75) is 0 Å². The first-order chi connectivity index (χ1) is 9.35. The van der Waals surface area contributed by atoms with Gasteiger partial charge in [0.05, 0.1) is 6.26 Å². The third kappa shape index (κ3) is 2.56. The van der Waals surface area contributed by atoms with Gasteiger partial charge in [0.15, 0.2) is 5.69 Å². The van der Waals surface area contributed by atoms with Crippen LogP contribution in [0.25, 0.3) is 0 Å². The summed E-state index contributed by atoms with van der Waals surface area (Å²) in [5, 5.41) is 8.62. The molecular formula is C14H14NO4S+. The van der Waals surface area contributed by atoms with Crippen LogP contribution in [0.5, 0.6) is 0 Å². The minimum Gasteiger partial charge on any atom is -0.478 e. The zero-order valence-corrected chi connectivity index (χ0v) is 11.6. The average Bonchev–Trinajstić information content (AvgIpc) is 2.82. The van der Waals surface area contributed by atoms with E-state index >= 15 is 0 Å². The maximum Gasteiger partial charge on any atom is 0.328 e. The Labute approximate surface area is 117 Å². The van der Waals surface area contributed by atoms with Crippen LogP contribution >= 0.6 is 0 Å². The number of hydrogen-bond acceptors (Lipinski definition) is 3. The predicted molar refractivity (Wildman–Crippen MR) is 77.1 cm³/mol. The fourth-order valence-corrected chi connectivity index (χ4v) is 3.09. The SMILES string of the molecule is CS(=O)(=O)[N+]1(c2ccccc2)C=CC(/C=C/C(=O)O)=C1. The van der Waals surface area contributed by atoms with Gasteiger partial charge in [0.25, 0.3) is 0 Å². The minimum atomic E-state index is -3.50. The molecule has 1 aromatic rings. The number of aliphatic carboxylic acids is 1. The summed E-state index contributed by atoms with van der Waals surface area (Å²) in [7, 11) is -3.50. The van der Waals surface area contributed by atoms with Gasteiger partial charge < -0.3 is 5.11 Å². The Morgan fingerprint density at radius 2 is 1.90 bits per heavy atom. The molecule has 1 N–H and O–H groups in total. The van der Waals surface area contributed by atoms with E-state index in [0.29, 0.717) is 11.3 Å². The predicted octanol–water partition coefficient (Wildman–Crippen LogP) is 2.01. The molecule has 0 bridgehead atoms. The Balaban J connectivity index is 2.55. The lowest BCUT2D eigenvalue weighted by atomic mass is 10.3. The van der Waals surface area contributed by atoms with E-state index in [-0.39, 0.29) is 0 Å². The van der Waals surface area contributed by atoms with Crippen LogP contribution in [0.4, 0.5) is 5.69 Å². The topological polar surface area (TPSA) is 71.4 Å². The number of sulfonamides is 1. The number of carbonyl (C=O) groups is 1. The van der Waals surface area contributed by atoms with Gasteiger partial charge in [0.1, 0.15) is 12.4 Å². The van der Waals surface area contributed by atoms with Crippen LogP contribution in [0, 0.1) is 0 Å². The van der Waals surface area contributed by atoms with Crippen molar-refractivity contribution in [1.29, 1.82) is 0 Å². The molecule has 1 unspecified atom stereocenters. The Morgan fingerprint density at radius 3 is 2.45 bits per heavy atom. The van der Waals surface area contributed by atoms with Crippen molar-refractivity contribution >= 4 is 21.7 Å². The van der Waals surface area contributed by atoms with E-state index in [0.717, 1.165) is 12.3 Å². The van der Waals surface area contributed by atoms with Crippen molar-refractivity contribution in [3.63, 3.8) is 0 Å². The molecule has 0 saturated carbocycles. The molecule has 0 aromatic heterocycles. The molecule has 0 aliphatic carbocycles. The van der Waals surface area contributed by atoms with Crippen molar-refractivity contribution in [2.75, 3.05) is 6.26 Å². The van der Waals surface area contributed by atoms with E-state index in [1.807, 2.05) is 0 Å². The van der Waals surface area contributed by atoms with E-state index in [4.69, 9.17) is 5.11 Å². The minimum absolute atomic E-state index is 0.451. The number of rotatable bonds is 4. The number of allylic oxidation sites excluding steroid dienone is 3. The van der Waals surface area contributed by atoms with Crippen LogP contribution in [0.15, 0.2) is 66.5 Å². The largest absolute Gasteiger partial charge is 0.478 e. The molecule has 20 heavy (non-hydrogen) atoms. The quantitative estimate of drug-likeness (QED) is 0.680. The lowest BCUT2D eigenvalue weighted by Gasteiger charge is -2.25. The standard InChI is InChI=1S/C14H13NO4S/c1-20(18,19)15(13-5-3-2-4-6-13)10-9-12(11-15)7-8-14(16)17/h2-11H,1H3/p+1/b8-7+. The van der Waals surface area contributed by atoms with Crippen molar-refractivity contribution in [1.82, 2.24) is 3.89 Å². The fourth-order valence-electron chi connectivity index (χ4n) is 1.99. The highest BCUT2D eigenvalue weighted by atomic mass is 32.2. The molecule has 1 atom stereocenters. The number of quaternary nitrogens is 1. The average molecular weight is 292 g/mol. The highest BCUT2D eigenvalue weighted by molar-refractivity contribution is 7.90. The highest BCUT2D eigenvalue weighted by Crippen LogP contribution is 2.33. The summed E-state index contributed by atoms with van der Waals surface area (Å²) >= 11 is 0. The van der Waals surface area contributed by atoms with Gasteiger partial charge in [-0.05, 0) is 6.08 Å². The Bertz CT molecular complexity index is 717. The fraction of sp³-hybridized carbons (Fsp3) is 0.0714. The normalized spacial score (nSPS) is 22.1. The second-order valence-corrected chi connectivity index (χ2v) is 6.46. The summed E-state index contributed by atoms with van der Waals surface area (Å²) in [6, 6.07) is 8.75. The molecule has 2 rings (SSSR count). The molecule has 1 aromatic carbocycles. The number of nitrogens with zero attached hydrogens (tertiary/aromatic N) is 1. The maximum atomic E-state index is 12.2. The molecule has 1 heterocycles. The maximum absolute atomic E-state index is 12.2. The van der Waals surface area contributed by atoms with Crippen LogP contribution < -0.4 is 3.89 Å². The first kappa shape index (κ1) is 14.2. The van der Waals surface area contributed by atoms with E-state index in [9.17, 15) is 13.2 Å². The smallest absolute Gasteiger partial charge is 0.328 e. The van der Waals surface area contributed by atoms with Crippen LogP contribution in [-0.2, 0) is 14.8 Å². The molecule has 0 fully saturated rings. The van der Waals surface area contributed by atoms with Gasteiger partial charge in [0.2, 0.25) is 0 Å². The summed E-state index contributed by atoms with van der Waals surface area (Å²) < 4.78 is 23.9. The number of carboxylic acids is 1. The number of benzene rings is 1. The lowest BCUT2D eigenvalue weighted by molar-refractivity contribution is -0.131. The Kier molecular flexibility index (Phi) is 3.61. The van der Waals surface area contributed by atoms with Crippen LogP contribution in [0.1, 0.15) is 0 Å². The summed E-state index contributed by atoms with van der Waals surface area (Å²) in [5.41, 5.74) is 1.10. The zero-order chi connectivity index (χ0) is 14.8. The van der Waals surface area contributed by atoms with Gasteiger partial charge in [-0.2, -0.15) is 8.42 Å². The molecule has 1 aliphatic heterocycles. The molecule has 0 saturated heterocycles. The summed E-state index contributed by atoms with van der Waals surface area (Å²) in [6.07, 6.45) is 8.10. The molecule has 104 valence electrons. The zero-order valence-electron chi connectivity index (χ0n) is 10.8. The van der Waals surface area contributed by atoms with Crippen molar-refractivity contribution in [3.8, 4) is 0 Å². The number of carboxylic acid groups (broad SMARTS) is 1. The van der Waals surface area contributed by atoms with Crippen LogP contribution in [0.3, 0.4) is 0 Å². The molecule has 0 spiro atoms. The lowest BCUT2D eigenvalue weighted by Crippen LogP contribution is -2.42. The van der Waals surface area contributed by atoms with Crippen LogP contribution in [-0.4, -0.2) is 25.7 Å². The molecule has 1 aliphatic rings. The second-order valence-electron chi connectivity index (χ2n) is 4.39. The third-order valence-corrected chi connectivity index (χ3v) is 4.49. The van der Waals surface area contributed by atoms with E-state index in [2.05, 4.69) is 0 Å². The van der Waals surface area contributed by atoms with E-state index in [1.54, 1.807) is 36.4 Å². The van der Waals surface area contributed by atoms with Gasteiger partial charge in [-0.3, -0.25) is 0 Å². The number of para-hydroxylation sites is 1. The molecule has 6 heteroatoms. The molecule has 0 radical (unpaired) electrons. The third-order valence-electron chi connectivity index (χ3n) is 2.96. The van der Waals surface area contributed by atoms with Gasteiger partial charge in [0, 0.05) is 29.9 Å². The van der Waals surface area contributed by atoms with Crippen molar-refractivity contribution < 1.29 is 18.3 Å². The van der Waals surface area contributed by atoms with Gasteiger partial charge in [-0.1, -0.05) is 18.2 Å². The summed E-state index contributed by atoms with van der Waals surface area (Å²) in [5.74, 6) is -1.08. The monoisotopic (exact) mass is 292 g/mol. The molecule has 0 amide bonds. The number of hydrogen-bond donors (Lipinski definition) is 1. The second kappa shape index (κ2) is 5.07. The van der Waals surface area contributed by atoms with Crippen LogP contribution in [0.2, 0.25) is 0 Å². The van der Waals surface area contributed by atoms with Crippen molar-refractivity contribution in [3.05, 3.63) is 66.5 Å². The Hall–Kier alpha value is -2.18. The first-order valence-corrected chi connectivity index (χ1v) is 7.67. The summed E-state index contributed by atoms with van der Waals surface area (Å²) in [6.45, 7) is 0. The molecule has 5 nitrogen and oxygen atoms in total. The van der Waals surface area contributed by atoms with E-state index in [1.165, 1.54) is 18.5 Å². The van der Waals surface area contributed by atoms with E-state index < -0.39 is 19.9 Å². The van der Waals surface area contributed by atoms with Gasteiger partial charge in [-0.15, -0.1) is 3.89 Å². The highest BCUT2D eigenvalue weighted by Gasteiger charge is 2.40. The van der Waals surface area contributed by atoms with Gasteiger partial charge in [-0.25, -0.2) is 4.79 Å². The van der Waals surface area contributed by atoms with Gasteiger partial charge >= 0.3 is 16.0 Å². The molecular weight excluding hydrogens is 278 g/mol.